The lowest BCUT2D eigenvalue weighted by Crippen LogP contribution is -2.50. The Morgan fingerprint density at radius 3 is 1.18 bits per heavy atom. The fourth-order valence-electron chi connectivity index (χ4n) is 7.54. The van der Waals surface area contributed by atoms with E-state index in [-0.39, 0.29) is 23.6 Å². The molecule has 8 nitrogen and oxygen atoms in total. The number of rotatable bonds is 4. The number of anilines is 2. The first kappa shape index (κ1) is 27.6. The van der Waals surface area contributed by atoms with E-state index in [0.29, 0.717) is 11.4 Å². The van der Waals surface area contributed by atoms with Crippen molar-refractivity contribution >= 4 is 66.9 Å². The highest BCUT2D eigenvalue weighted by atomic mass is 79.9. The largest absolute Gasteiger partial charge is 0.274 e. The Balaban J connectivity index is 1.33. The third-order valence-electron chi connectivity index (χ3n) is 9.14. The molecule has 218 valence electrons. The van der Waals surface area contributed by atoms with Crippen molar-refractivity contribution in [1.29, 1.82) is 0 Å². The highest BCUT2D eigenvalue weighted by Gasteiger charge is 2.73. The number of benzene rings is 4. The predicted molar refractivity (Wildman–Crippen MR) is 170 cm³/mol. The van der Waals surface area contributed by atoms with Crippen molar-refractivity contribution in [2.24, 2.45) is 11.8 Å². The molecular formula is C34H24Br2N4O4. The molecule has 4 aromatic rings. The molecule has 0 saturated carbocycles. The molecule has 4 heterocycles. The van der Waals surface area contributed by atoms with Gasteiger partial charge in [-0.25, -0.2) is 19.8 Å². The maximum Gasteiger partial charge on any atom is 0.253 e. The summed E-state index contributed by atoms with van der Waals surface area (Å²) in [4.78, 5) is 60.2. The maximum atomic E-state index is 14.4. The minimum Gasteiger partial charge on any atom is -0.274 e. The molecule has 4 amide bonds. The summed E-state index contributed by atoms with van der Waals surface area (Å²) in [5.74, 6) is -2.98. The average Bonchev–Trinajstić information content (AvgIpc) is 3.69. The molecule has 0 aromatic heterocycles. The van der Waals surface area contributed by atoms with E-state index in [1.807, 2.05) is 82.8 Å². The Kier molecular flexibility index (Phi) is 6.46. The van der Waals surface area contributed by atoms with Crippen LogP contribution < -0.4 is 9.80 Å². The van der Waals surface area contributed by atoms with Crippen LogP contribution in [0.25, 0.3) is 0 Å². The Labute approximate surface area is 270 Å². The van der Waals surface area contributed by atoms with Crippen LogP contribution >= 0.6 is 31.9 Å². The normalized spacial score (nSPS) is 28.1. The lowest BCUT2D eigenvalue weighted by Gasteiger charge is -2.35. The molecule has 10 heteroatoms. The van der Waals surface area contributed by atoms with E-state index in [0.717, 1.165) is 20.1 Å². The van der Waals surface area contributed by atoms with Gasteiger partial charge in [0.25, 0.3) is 11.8 Å². The summed E-state index contributed by atoms with van der Waals surface area (Å²) >= 11 is 6.94. The van der Waals surface area contributed by atoms with Gasteiger partial charge in [-0.2, -0.15) is 0 Å². The fraction of sp³-hybridized carbons (Fsp3) is 0.176. The molecule has 4 saturated heterocycles. The van der Waals surface area contributed by atoms with Crippen LogP contribution in [0, 0.1) is 11.8 Å². The van der Waals surface area contributed by atoms with Gasteiger partial charge in [-0.15, -0.1) is 0 Å². The fourth-order valence-corrected chi connectivity index (χ4v) is 8.31. The van der Waals surface area contributed by atoms with Gasteiger partial charge in [0, 0.05) is 8.95 Å². The van der Waals surface area contributed by atoms with Crippen molar-refractivity contribution in [2.45, 2.75) is 24.2 Å². The van der Waals surface area contributed by atoms with Crippen molar-refractivity contribution < 1.29 is 19.2 Å². The molecule has 0 spiro atoms. The van der Waals surface area contributed by atoms with E-state index in [9.17, 15) is 19.2 Å². The minimum absolute atomic E-state index is 0.328. The zero-order chi connectivity index (χ0) is 30.3. The predicted octanol–water partition coefficient (Wildman–Crippen LogP) is 5.66. The molecule has 0 bridgehead atoms. The van der Waals surface area contributed by atoms with Crippen molar-refractivity contribution in [2.75, 3.05) is 9.80 Å². The quantitative estimate of drug-likeness (QED) is 0.255. The molecule has 4 fully saturated rings. The number of halogens is 2. The van der Waals surface area contributed by atoms with Gasteiger partial charge in [0.2, 0.25) is 11.8 Å². The molecule has 0 radical (unpaired) electrons. The van der Waals surface area contributed by atoms with E-state index in [2.05, 4.69) is 31.9 Å². The van der Waals surface area contributed by atoms with E-state index in [4.69, 9.17) is 0 Å². The number of imide groups is 2. The van der Waals surface area contributed by atoms with Gasteiger partial charge >= 0.3 is 0 Å². The number of hydrazine groups is 1. The molecule has 4 aliphatic rings. The number of carbonyl (C=O) groups is 4. The second-order valence-electron chi connectivity index (χ2n) is 11.4. The first-order valence-corrected chi connectivity index (χ1v) is 15.9. The molecule has 0 N–H and O–H groups in total. The van der Waals surface area contributed by atoms with Crippen LogP contribution in [0.1, 0.15) is 23.2 Å². The third kappa shape index (κ3) is 3.88. The summed E-state index contributed by atoms with van der Waals surface area (Å²) in [6.07, 6.45) is 0. The molecule has 4 aliphatic heterocycles. The van der Waals surface area contributed by atoms with E-state index in [1.54, 1.807) is 36.4 Å². The minimum atomic E-state index is -0.901. The van der Waals surface area contributed by atoms with Crippen LogP contribution in [0.2, 0.25) is 0 Å². The molecular weight excluding hydrogens is 688 g/mol. The van der Waals surface area contributed by atoms with Crippen LogP contribution in [0.5, 0.6) is 0 Å². The highest BCUT2D eigenvalue weighted by Crippen LogP contribution is 2.59. The standard InChI is InChI=1S/C34H24Br2N4O4/c35-21-13-7-15-23(17-21)37-31(41)25-27(19-9-3-1-4-10-19)39-30-26(32(42)38(34(30)44)24-16-8-14-22(36)18-24)28(20-11-5-2-6-12-20)40(39)29(25)33(37)43/h1-18,25-30H. The lowest BCUT2D eigenvalue weighted by atomic mass is 9.84. The summed E-state index contributed by atoms with van der Waals surface area (Å²) in [5.41, 5.74) is 2.56. The zero-order valence-electron chi connectivity index (χ0n) is 23.0. The van der Waals surface area contributed by atoms with Gasteiger partial charge in [0.05, 0.1) is 35.3 Å². The van der Waals surface area contributed by atoms with Gasteiger partial charge in [-0.3, -0.25) is 19.2 Å². The smallest absolute Gasteiger partial charge is 0.253 e. The van der Waals surface area contributed by atoms with E-state index >= 15 is 0 Å². The van der Waals surface area contributed by atoms with Crippen molar-refractivity contribution in [3.63, 3.8) is 0 Å². The molecule has 0 aliphatic carbocycles. The summed E-state index contributed by atoms with van der Waals surface area (Å²) in [6, 6.07) is 30.2. The Hall–Kier alpha value is -3.96. The van der Waals surface area contributed by atoms with Crippen molar-refractivity contribution in [3.05, 3.63) is 129 Å². The molecule has 4 aromatic carbocycles. The SMILES string of the molecule is O=C1C2C(C(=O)N1c1cccc(Br)c1)N1C(c3ccccc3)C3C(=O)N(c4cccc(Br)c4)C(=O)C3N1C2c1ccccc1. The number of amides is 4. The maximum absolute atomic E-state index is 14.4. The summed E-state index contributed by atoms with van der Waals surface area (Å²) in [6.45, 7) is 0. The highest BCUT2D eigenvalue weighted by molar-refractivity contribution is 9.10. The number of fused-ring (bicyclic) bond motifs is 5. The molecule has 6 unspecified atom stereocenters. The molecule has 44 heavy (non-hydrogen) atoms. The topological polar surface area (TPSA) is 81.2 Å². The Morgan fingerprint density at radius 2 is 0.818 bits per heavy atom. The summed E-state index contributed by atoms with van der Waals surface area (Å²) in [7, 11) is 0. The third-order valence-corrected chi connectivity index (χ3v) is 10.1. The van der Waals surface area contributed by atoms with Crippen molar-refractivity contribution in [1.82, 2.24) is 10.0 Å². The monoisotopic (exact) mass is 710 g/mol. The summed E-state index contributed by atoms with van der Waals surface area (Å²) < 4.78 is 1.49. The Bertz CT molecular complexity index is 1720. The number of carbonyl (C=O) groups excluding carboxylic acids is 4. The van der Waals surface area contributed by atoms with Gasteiger partial charge < -0.3 is 0 Å². The van der Waals surface area contributed by atoms with E-state index < -0.39 is 36.0 Å². The van der Waals surface area contributed by atoms with Gasteiger partial charge in [0.15, 0.2) is 0 Å². The second kappa shape index (κ2) is 10.3. The lowest BCUT2D eigenvalue weighted by molar-refractivity contribution is -0.136. The van der Waals surface area contributed by atoms with Gasteiger partial charge in [0.1, 0.15) is 12.1 Å². The first-order chi connectivity index (χ1) is 21.4. The van der Waals surface area contributed by atoms with Crippen LogP contribution in [0.4, 0.5) is 11.4 Å². The van der Waals surface area contributed by atoms with Crippen LogP contribution in [-0.2, 0) is 19.2 Å². The molecule has 8 rings (SSSR count). The van der Waals surface area contributed by atoms with E-state index in [1.165, 1.54) is 9.80 Å². The van der Waals surface area contributed by atoms with Crippen LogP contribution in [-0.4, -0.2) is 45.7 Å². The van der Waals surface area contributed by atoms with Gasteiger partial charge in [-0.1, -0.05) is 105 Å². The number of nitrogens with zero attached hydrogens (tertiary/aromatic N) is 4. The zero-order valence-corrected chi connectivity index (χ0v) is 26.2. The molecule has 6 atom stereocenters. The summed E-state index contributed by atoms with van der Waals surface area (Å²) in [5, 5.41) is 3.78. The van der Waals surface area contributed by atoms with Crippen molar-refractivity contribution in [3.8, 4) is 0 Å². The second-order valence-corrected chi connectivity index (χ2v) is 13.2. The average molecular weight is 712 g/mol. The number of hydrogen-bond donors (Lipinski definition) is 0. The number of hydrogen-bond acceptors (Lipinski definition) is 6. The first-order valence-electron chi connectivity index (χ1n) is 14.3. The van der Waals surface area contributed by atoms with Gasteiger partial charge in [-0.05, 0) is 47.5 Å². The Morgan fingerprint density at radius 1 is 0.432 bits per heavy atom. The van der Waals surface area contributed by atoms with Crippen LogP contribution in [0.3, 0.4) is 0 Å². The van der Waals surface area contributed by atoms with Crippen LogP contribution in [0.15, 0.2) is 118 Å².